The van der Waals surface area contributed by atoms with Crippen molar-refractivity contribution in [3.05, 3.63) is 17.1 Å². The van der Waals surface area contributed by atoms with Crippen molar-refractivity contribution < 1.29 is 9.05 Å². The Morgan fingerprint density at radius 2 is 2.00 bits per heavy atom. The van der Waals surface area contributed by atoms with E-state index in [9.17, 15) is 0 Å². The Morgan fingerprint density at radius 3 is 2.57 bits per heavy atom. The summed E-state index contributed by atoms with van der Waals surface area (Å²) in [5.74, 6) is 1.58. The van der Waals surface area contributed by atoms with Gasteiger partial charge in [0.15, 0.2) is 11.5 Å². The van der Waals surface area contributed by atoms with Gasteiger partial charge in [0.25, 0.3) is 5.89 Å². The first-order chi connectivity index (χ1) is 6.72. The van der Waals surface area contributed by atoms with Gasteiger partial charge in [0.05, 0.1) is 0 Å². The van der Waals surface area contributed by atoms with Crippen LogP contribution in [0.3, 0.4) is 0 Å². The molecule has 2 N–H and O–H groups in total. The van der Waals surface area contributed by atoms with E-state index in [2.05, 4.69) is 15.3 Å². The smallest absolute Gasteiger partial charge is 0.280 e. The van der Waals surface area contributed by atoms with Gasteiger partial charge in [0.2, 0.25) is 0 Å². The molecule has 0 atom stereocenters. The molecule has 0 bridgehead atoms. The Labute approximate surface area is 80.1 Å². The maximum Gasteiger partial charge on any atom is 0.280 e. The molecule has 14 heavy (non-hydrogen) atoms. The highest BCUT2D eigenvalue weighted by Gasteiger charge is 2.18. The molecular formula is C8H10N4O2. The van der Waals surface area contributed by atoms with Crippen molar-refractivity contribution in [1.82, 2.24) is 15.3 Å². The molecule has 2 aromatic rings. The van der Waals surface area contributed by atoms with Crippen LogP contribution in [0.1, 0.15) is 17.1 Å². The van der Waals surface area contributed by atoms with E-state index in [1.54, 1.807) is 13.8 Å². The molecule has 6 heteroatoms. The summed E-state index contributed by atoms with van der Waals surface area (Å²) in [6.07, 6.45) is 0. The molecule has 0 aliphatic heterocycles. The van der Waals surface area contributed by atoms with Gasteiger partial charge in [-0.25, -0.2) is 0 Å². The molecular weight excluding hydrogens is 184 g/mol. The minimum absolute atomic E-state index is 0.339. The van der Waals surface area contributed by atoms with Crippen LogP contribution in [-0.2, 0) is 6.54 Å². The monoisotopic (exact) mass is 194 g/mol. The van der Waals surface area contributed by atoms with Crippen molar-refractivity contribution in [2.45, 2.75) is 20.4 Å². The van der Waals surface area contributed by atoms with Crippen LogP contribution in [0.25, 0.3) is 11.6 Å². The minimum atomic E-state index is 0.339. The summed E-state index contributed by atoms with van der Waals surface area (Å²) in [7, 11) is 0. The first-order valence-electron chi connectivity index (χ1n) is 4.18. The zero-order valence-electron chi connectivity index (χ0n) is 7.94. The third-order valence-electron chi connectivity index (χ3n) is 1.92. The topological polar surface area (TPSA) is 91.0 Å². The first kappa shape index (κ1) is 8.89. The van der Waals surface area contributed by atoms with Crippen LogP contribution in [0, 0.1) is 13.8 Å². The van der Waals surface area contributed by atoms with Gasteiger partial charge >= 0.3 is 0 Å². The lowest BCUT2D eigenvalue weighted by molar-refractivity contribution is 0.388. The summed E-state index contributed by atoms with van der Waals surface area (Å²) in [5.41, 5.74) is 6.88. The first-order valence-corrected chi connectivity index (χ1v) is 4.18. The predicted octanol–water partition coefficient (Wildman–Crippen LogP) is 0.800. The number of aromatic nitrogens is 3. The van der Waals surface area contributed by atoms with E-state index < -0.39 is 0 Å². The summed E-state index contributed by atoms with van der Waals surface area (Å²) in [4.78, 5) is 4.05. The number of rotatable bonds is 2. The maximum atomic E-state index is 5.55. The third-order valence-corrected chi connectivity index (χ3v) is 1.92. The highest BCUT2D eigenvalue weighted by molar-refractivity contribution is 5.52. The predicted molar refractivity (Wildman–Crippen MR) is 47.2 cm³/mol. The van der Waals surface area contributed by atoms with Crippen LogP contribution in [0.15, 0.2) is 9.05 Å². The maximum absolute atomic E-state index is 5.55. The van der Waals surface area contributed by atoms with Crippen molar-refractivity contribution in [1.29, 1.82) is 0 Å². The molecule has 0 aliphatic rings. The van der Waals surface area contributed by atoms with E-state index >= 15 is 0 Å². The highest BCUT2D eigenvalue weighted by Crippen LogP contribution is 2.22. The molecule has 0 aliphatic carbocycles. The Hall–Kier alpha value is -1.69. The number of hydrogen-bond donors (Lipinski definition) is 1. The molecule has 74 valence electrons. The van der Waals surface area contributed by atoms with Crippen molar-refractivity contribution in [3.8, 4) is 11.6 Å². The fraction of sp³-hybridized carbons (Fsp3) is 0.375. The lowest BCUT2D eigenvalue weighted by Crippen LogP contribution is -1.98. The summed E-state index contributed by atoms with van der Waals surface area (Å²) in [6.45, 7) is 3.87. The second-order valence-electron chi connectivity index (χ2n) is 2.92. The van der Waals surface area contributed by atoms with Crippen LogP contribution in [0.4, 0.5) is 0 Å². The van der Waals surface area contributed by atoms with Gasteiger partial charge in [-0.2, -0.15) is 4.98 Å². The summed E-state index contributed by atoms with van der Waals surface area (Å²) >= 11 is 0. The normalized spacial score (nSPS) is 10.8. The fourth-order valence-electron chi connectivity index (χ4n) is 1.19. The van der Waals surface area contributed by atoms with Gasteiger partial charge in [-0.3, -0.25) is 0 Å². The largest absolute Gasteiger partial charge is 0.361 e. The summed E-state index contributed by atoms with van der Waals surface area (Å²) in [5, 5.41) is 7.49. The molecule has 0 saturated carbocycles. The molecule has 0 spiro atoms. The number of hydrogen-bond acceptors (Lipinski definition) is 6. The molecule has 0 fully saturated rings. The number of aryl methyl sites for hydroxylation is 2. The van der Waals surface area contributed by atoms with Gasteiger partial charge in [-0.1, -0.05) is 10.3 Å². The molecule has 0 radical (unpaired) electrons. The van der Waals surface area contributed by atoms with E-state index in [4.69, 9.17) is 14.8 Å². The van der Waals surface area contributed by atoms with Crippen molar-refractivity contribution in [2.75, 3.05) is 0 Å². The Morgan fingerprint density at radius 1 is 1.21 bits per heavy atom. The van der Waals surface area contributed by atoms with E-state index in [1.165, 1.54) is 0 Å². The summed E-state index contributed by atoms with van der Waals surface area (Å²) < 4.78 is 9.96. The Balaban J connectivity index is 2.51. The summed E-state index contributed by atoms with van der Waals surface area (Å²) in [6, 6.07) is 0. The van der Waals surface area contributed by atoms with Gasteiger partial charge in [-0.15, -0.1) is 0 Å². The lowest BCUT2D eigenvalue weighted by Gasteiger charge is -1.91. The van der Waals surface area contributed by atoms with Crippen LogP contribution < -0.4 is 5.73 Å². The van der Waals surface area contributed by atoms with Crippen LogP contribution in [-0.4, -0.2) is 15.3 Å². The van der Waals surface area contributed by atoms with E-state index in [-0.39, 0.29) is 0 Å². The average Bonchev–Trinajstić information content (AvgIpc) is 2.71. The van der Waals surface area contributed by atoms with Gasteiger partial charge in [0.1, 0.15) is 5.76 Å². The van der Waals surface area contributed by atoms with E-state index in [0.29, 0.717) is 29.7 Å². The molecule has 6 nitrogen and oxygen atoms in total. The zero-order chi connectivity index (χ0) is 10.1. The highest BCUT2D eigenvalue weighted by atomic mass is 16.5. The average molecular weight is 194 g/mol. The second-order valence-corrected chi connectivity index (χ2v) is 2.92. The van der Waals surface area contributed by atoms with Crippen molar-refractivity contribution in [2.24, 2.45) is 5.73 Å². The molecule has 0 amide bonds. The Kier molecular flexibility index (Phi) is 2.05. The van der Waals surface area contributed by atoms with Crippen LogP contribution >= 0.6 is 0 Å². The van der Waals surface area contributed by atoms with Gasteiger partial charge in [-0.05, 0) is 13.8 Å². The lowest BCUT2D eigenvalue weighted by atomic mass is 10.2. The quantitative estimate of drug-likeness (QED) is 0.760. The second kappa shape index (κ2) is 3.22. The molecule has 0 unspecified atom stereocenters. The number of nitrogens with zero attached hydrogens (tertiary/aromatic N) is 3. The minimum Gasteiger partial charge on any atom is -0.361 e. The Bertz CT molecular complexity index is 446. The van der Waals surface area contributed by atoms with Crippen LogP contribution in [0.5, 0.6) is 0 Å². The zero-order valence-corrected chi connectivity index (χ0v) is 7.94. The van der Waals surface area contributed by atoms with Crippen LogP contribution in [0.2, 0.25) is 0 Å². The number of nitrogens with two attached hydrogens (primary N) is 1. The molecule has 2 rings (SSSR count). The molecule has 2 heterocycles. The molecule has 0 saturated heterocycles. The van der Waals surface area contributed by atoms with Gasteiger partial charge in [0, 0.05) is 12.1 Å². The van der Waals surface area contributed by atoms with Gasteiger partial charge < -0.3 is 14.8 Å². The third kappa shape index (κ3) is 1.29. The van der Waals surface area contributed by atoms with Crippen molar-refractivity contribution in [3.63, 3.8) is 0 Å². The SMILES string of the molecule is Cc1noc(-c2noc(C)c2CN)n1. The van der Waals surface area contributed by atoms with E-state index in [0.717, 1.165) is 5.56 Å². The fourth-order valence-corrected chi connectivity index (χ4v) is 1.19. The van der Waals surface area contributed by atoms with Crippen molar-refractivity contribution >= 4 is 0 Å². The molecule has 2 aromatic heterocycles. The van der Waals surface area contributed by atoms with E-state index in [1.807, 2.05) is 0 Å². The standard InChI is InChI=1S/C8H10N4O2/c1-4-6(3-9)7(12-13-4)8-10-5(2)11-14-8/h3,9H2,1-2H3. The molecule has 0 aromatic carbocycles.